The number of hydrogen-bond acceptors (Lipinski definition) is 7. The van der Waals surface area contributed by atoms with Crippen molar-refractivity contribution in [1.29, 1.82) is 0 Å². The first-order chi connectivity index (χ1) is 17.5. The number of aromatic nitrogens is 7. The van der Waals surface area contributed by atoms with E-state index in [4.69, 9.17) is 9.97 Å². The van der Waals surface area contributed by atoms with Crippen LogP contribution in [0.3, 0.4) is 0 Å². The number of rotatable bonds is 6. The molecular formula is C26H24N8O2. The Bertz CT molecular complexity index is 1800. The van der Waals surface area contributed by atoms with Crippen molar-refractivity contribution in [1.82, 2.24) is 33.9 Å². The Hall–Kier alpha value is -4.57. The number of para-hydroxylation sites is 2. The Morgan fingerprint density at radius 1 is 1.03 bits per heavy atom. The maximum absolute atomic E-state index is 13.6. The van der Waals surface area contributed by atoms with Crippen LogP contribution in [0.25, 0.3) is 27.5 Å². The maximum Gasteiger partial charge on any atom is 0.262 e. The number of fused-ring (bicyclic) bond motifs is 4. The van der Waals surface area contributed by atoms with Crippen molar-refractivity contribution in [3.8, 4) is 0 Å². The normalized spacial score (nSPS) is 11.6. The summed E-state index contributed by atoms with van der Waals surface area (Å²) in [6.45, 7) is 0.555. The highest BCUT2D eigenvalue weighted by Crippen LogP contribution is 2.25. The van der Waals surface area contributed by atoms with Crippen molar-refractivity contribution in [3.63, 3.8) is 0 Å². The molecule has 0 bridgehead atoms. The molecule has 0 amide bonds. The molecule has 0 unspecified atom stereocenters. The molecular weight excluding hydrogens is 456 g/mol. The highest BCUT2D eigenvalue weighted by atomic mass is 16.3. The van der Waals surface area contributed by atoms with Gasteiger partial charge in [-0.3, -0.25) is 14.0 Å². The van der Waals surface area contributed by atoms with E-state index in [0.717, 1.165) is 22.3 Å². The van der Waals surface area contributed by atoms with E-state index in [2.05, 4.69) is 15.1 Å². The van der Waals surface area contributed by atoms with Gasteiger partial charge in [-0.2, -0.15) is 10.2 Å². The number of hydrogen-bond donors (Lipinski definition) is 1. The summed E-state index contributed by atoms with van der Waals surface area (Å²) in [5.41, 5.74) is 3.44. The minimum atomic E-state index is -0.222. The molecule has 0 atom stereocenters. The quantitative estimate of drug-likeness (QED) is 0.390. The van der Waals surface area contributed by atoms with Crippen molar-refractivity contribution in [2.24, 2.45) is 7.05 Å². The molecule has 4 heterocycles. The van der Waals surface area contributed by atoms with Gasteiger partial charge >= 0.3 is 0 Å². The molecule has 0 fully saturated rings. The summed E-state index contributed by atoms with van der Waals surface area (Å²) < 4.78 is 5.08. The Balaban J connectivity index is 1.50. The second-order valence-electron chi connectivity index (χ2n) is 8.83. The zero-order valence-corrected chi connectivity index (χ0v) is 19.9. The van der Waals surface area contributed by atoms with Gasteiger partial charge in [0.15, 0.2) is 5.82 Å². The average Bonchev–Trinajstić information content (AvgIpc) is 3.52. The van der Waals surface area contributed by atoms with E-state index < -0.39 is 0 Å². The van der Waals surface area contributed by atoms with Crippen LogP contribution in [0.5, 0.6) is 0 Å². The highest BCUT2D eigenvalue weighted by molar-refractivity contribution is 5.89. The summed E-state index contributed by atoms with van der Waals surface area (Å²) in [7, 11) is 3.87. The minimum Gasteiger partial charge on any atom is -0.390 e. The van der Waals surface area contributed by atoms with Crippen LogP contribution in [0.15, 0.2) is 71.8 Å². The first kappa shape index (κ1) is 21.9. The molecule has 0 aliphatic heterocycles. The standard InChI is InChI=1S/C26H24N8O2/c1-31(13-17-12-27-32(2)14-17)25-19-7-3-5-9-21(19)28-23(29-25)15-33-24-11-18(16-35)30-34(24)22-10-6-4-8-20(22)26(33)36/h3-12,14,35H,13,15-16H2,1-2H3. The van der Waals surface area contributed by atoms with Gasteiger partial charge in [-0.25, -0.2) is 14.5 Å². The first-order valence-electron chi connectivity index (χ1n) is 11.6. The molecule has 0 saturated carbocycles. The lowest BCUT2D eigenvalue weighted by Crippen LogP contribution is -2.25. The second kappa shape index (κ2) is 8.58. The van der Waals surface area contributed by atoms with E-state index >= 15 is 0 Å². The molecule has 10 heteroatoms. The SMILES string of the molecule is CN(Cc1cnn(C)c1)c1nc(Cn2c(=O)c3ccccc3n3nc(CO)cc23)nc2ccccc12. The fourth-order valence-electron chi connectivity index (χ4n) is 4.62. The Kier molecular flexibility index (Phi) is 5.23. The molecule has 0 aliphatic rings. The van der Waals surface area contributed by atoms with Crippen LogP contribution in [-0.4, -0.2) is 46.1 Å². The van der Waals surface area contributed by atoms with Crippen LogP contribution in [0.2, 0.25) is 0 Å². The van der Waals surface area contributed by atoms with Crippen LogP contribution >= 0.6 is 0 Å². The Morgan fingerprint density at radius 3 is 2.58 bits per heavy atom. The van der Waals surface area contributed by atoms with Crippen molar-refractivity contribution >= 4 is 33.3 Å². The lowest BCUT2D eigenvalue weighted by Gasteiger charge is -2.20. The summed E-state index contributed by atoms with van der Waals surface area (Å²) >= 11 is 0. The topological polar surface area (TPSA) is 106 Å². The lowest BCUT2D eigenvalue weighted by molar-refractivity contribution is 0.276. The van der Waals surface area contributed by atoms with E-state index in [9.17, 15) is 9.90 Å². The Labute approximate surface area is 205 Å². The first-order valence-corrected chi connectivity index (χ1v) is 11.6. The van der Waals surface area contributed by atoms with Crippen LogP contribution < -0.4 is 10.5 Å². The second-order valence-corrected chi connectivity index (χ2v) is 8.83. The largest absolute Gasteiger partial charge is 0.390 e. The molecule has 6 rings (SSSR count). The molecule has 0 aliphatic carbocycles. The molecule has 0 radical (unpaired) electrons. The smallest absolute Gasteiger partial charge is 0.262 e. The number of aliphatic hydroxyl groups is 1. The molecule has 10 nitrogen and oxygen atoms in total. The predicted molar refractivity (Wildman–Crippen MR) is 137 cm³/mol. The van der Waals surface area contributed by atoms with Gasteiger partial charge < -0.3 is 10.0 Å². The lowest BCUT2D eigenvalue weighted by atomic mass is 10.2. The Morgan fingerprint density at radius 2 is 1.81 bits per heavy atom. The molecule has 4 aromatic heterocycles. The maximum atomic E-state index is 13.6. The van der Waals surface area contributed by atoms with Crippen molar-refractivity contribution in [2.45, 2.75) is 19.7 Å². The third-order valence-electron chi connectivity index (χ3n) is 6.26. The van der Waals surface area contributed by atoms with Crippen LogP contribution in [0.1, 0.15) is 17.1 Å². The van der Waals surface area contributed by atoms with Gasteiger partial charge in [0, 0.05) is 43.9 Å². The molecule has 180 valence electrons. The van der Waals surface area contributed by atoms with Gasteiger partial charge in [0.2, 0.25) is 0 Å². The van der Waals surface area contributed by atoms with Gasteiger partial charge in [0.05, 0.1) is 41.5 Å². The summed E-state index contributed by atoms with van der Waals surface area (Å²) in [4.78, 5) is 25.3. The minimum absolute atomic E-state index is 0.155. The number of aryl methyl sites for hydroxylation is 1. The fourth-order valence-corrected chi connectivity index (χ4v) is 4.62. The molecule has 1 N–H and O–H groups in total. The highest BCUT2D eigenvalue weighted by Gasteiger charge is 2.17. The van der Waals surface area contributed by atoms with Crippen molar-refractivity contribution in [3.05, 3.63) is 94.4 Å². The zero-order chi connectivity index (χ0) is 24.8. The number of anilines is 1. The molecule has 2 aromatic carbocycles. The third kappa shape index (κ3) is 3.68. The van der Waals surface area contributed by atoms with E-state index in [1.165, 1.54) is 0 Å². The third-order valence-corrected chi connectivity index (χ3v) is 6.26. The molecule has 36 heavy (non-hydrogen) atoms. The number of nitrogens with zero attached hydrogens (tertiary/aromatic N) is 8. The number of aliphatic hydroxyl groups excluding tert-OH is 1. The summed E-state index contributed by atoms with van der Waals surface area (Å²) in [5, 5.41) is 19.9. The molecule has 0 spiro atoms. The van der Waals surface area contributed by atoms with E-state index in [1.54, 1.807) is 25.9 Å². The number of benzene rings is 2. The van der Waals surface area contributed by atoms with E-state index in [-0.39, 0.29) is 18.7 Å². The summed E-state index contributed by atoms with van der Waals surface area (Å²) in [6.07, 6.45) is 3.81. The van der Waals surface area contributed by atoms with Gasteiger partial charge in [0.25, 0.3) is 5.56 Å². The average molecular weight is 481 g/mol. The van der Waals surface area contributed by atoms with Gasteiger partial charge in [0.1, 0.15) is 11.5 Å². The summed E-state index contributed by atoms with van der Waals surface area (Å²) in [6, 6.07) is 16.9. The van der Waals surface area contributed by atoms with Crippen LogP contribution in [-0.2, 0) is 26.7 Å². The van der Waals surface area contributed by atoms with E-state index in [0.29, 0.717) is 34.6 Å². The molecule has 0 saturated heterocycles. The van der Waals surface area contributed by atoms with Gasteiger partial charge in [-0.15, -0.1) is 0 Å². The molecule has 6 aromatic rings. The van der Waals surface area contributed by atoms with Gasteiger partial charge in [-0.05, 0) is 24.3 Å². The van der Waals surface area contributed by atoms with E-state index in [1.807, 2.05) is 69.0 Å². The van der Waals surface area contributed by atoms with Crippen LogP contribution in [0, 0.1) is 0 Å². The predicted octanol–water partition coefficient (Wildman–Crippen LogP) is 2.50. The zero-order valence-electron chi connectivity index (χ0n) is 19.9. The monoisotopic (exact) mass is 480 g/mol. The van der Waals surface area contributed by atoms with Crippen molar-refractivity contribution < 1.29 is 5.11 Å². The summed E-state index contributed by atoms with van der Waals surface area (Å²) in [5.74, 6) is 1.28. The van der Waals surface area contributed by atoms with Gasteiger partial charge in [-0.1, -0.05) is 24.3 Å². The fraction of sp³-hybridized carbons (Fsp3) is 0.192. The van der Waals surface area contributed by atoms with Crippen molar-refractivity contribution in [2.75, 3.05) is 11.9 Å². The van der Waals surface area contributed by atoms with Crippen LogP contribution in [0.4, 0.5) is 5.82 Å².